The molecular weight excluding hydrogens is 719 g/mol. The number of amides is 2. The number of aromatic nitrogens is 4. The van der Waals surface area contributed by atoms with E-state index in [1.165, 1.54) is 33.4 Å². The lowest BCUT2D eigenvalue weighted by molar-refractivity contribution is 0.0918. The van der Waals surface area contributed by atoms with E-state index in [1.54, 1.807) is 72.3 Å². The average Bonchev–Trinajstić information content (AvgIpc) is 3.97. The van der Waals surface area contributed by atoms with Crippen LogP contribution in [0.2, 0.25) is 0 Å². The summed E-state index contributed by atoms with van der Waals surface area (Å²) in [5.41, 5.74) is 9.24. The maximum absolute atomic E-state index is 12.4. The molecule has 2 amide bonds. The van der Waals surface area contributed by atoms with Crippen LogP contribution < -0.4 is 16.1 Å². The second-order valence-corrected chi connectivity index (χ2v) is 13.6. The summed E-state index contributed by atoms with van der Waals surface area (Å²) in [5.74, 6) is -0.138. The van der Waals surface area contributed by atoms with Crippen molar-refractivity contribution in [3.63, 3.8) is 0 Å². The first-order chi connectivity index (χ1) is 25.2. The molecule has 2 atom stereocenters. The first kappa shape index (κ1) is 36.5. The molecule has 0 radical (unpaired) electrons. The fraction of sp³-hybridized carbons (Fsp3) is 0.200. The van der Waals surface area contributed by atoms with Gasteiger partial charge in [0.15, 0.2) is 0 Å². The van der Waals surface area contributed by atoms with E-state index in [-0.39, 0.29) is 23.9 Å². The van der Waals surface area contributed by atoms with Gasteiger partial charge in [-0.15, -0.1) is 0 Å². The number of nitrogens with one attached hydrogen (secondary N) is 2. The molecule has 0 saturated carbocycles. The highest BCUT2D eigenvalue weighted by molar-refractivity contribution is 9.10. The SMILES string of the molecule is Cn1nccc1C(=O)N[C@@H]1CCc2cc(-c3ccccc3)ccc21.Cn1nccc1C(=O)N[C@@H]1CCc2cc(Br)ccc21.OB(O)c1ccccc1. The van der Waals surface area contributed by atoms with Crippen LogP contribution in [0.3, 0.4) is 0 Å². The Morgan fingerprint density at radius 2 is 1.17 bits per heavy atom. The largest absolute Gasteiger partial charge is 0.488 e. The molecule has 0 spiro atoms. The van der Waals surface area contributed by atoms with Crippen LogP contribution in [-0.4, -0.2) is 48.5 Å². The number of nitrogens with zero attached hydrogens (tertiary/aromatic N) is 4. The Morgan fingerprint density at radius 1 is 0.673 bits per heavy atom. The van der Waals surface area contributed by atoms with Crippen molar-refractivity contribution in [3.8, 4) is 11.1 Å². The van der Waals surface area contributed by atoms with Gasteiger partial charge in [-0.2, -0.15) is 10.2 Å². The van der Waals surface area contributed by atoms with E-state index in [0.29, 0.717) is 16.9 Å². The number of carbonyl (C=O) groups is 2. The third kappa shape index (κ3) is 8.76. The van der Waals surface area contributed by atoms with E-state index in [2.05, 4.69) is 91.4 Å². The molecule has 2 aliphatic carbocycles. The van der Waals surface area contributed by atoms with Gasteiger partial charge in [0.05, 0.1) is 12.1 Å². The van der Waals surface area contributed by atoms with Gasteiger partial charge in [-0.25, -0.2) is 0 Å². The normalized spacial score (nSPS) is 15.2. The summed E-state index contributed by atoms with van der Waals surface area (Å²) in [6, 6.07) is 35.5. The fourth-order valence-corrected chi connectivity index (χ4v) is 7.00. The molecule has 0 saturated heterocycles. The monoisotopic (exact) mass is 758 g/mol. The molecule has 0 bridgehead atoms. The Kier molecular flexibility index (Phi) is 11.8. The number of halogens is 1. The fourth-order valence-electron chi connectivity index (χ4n) is 6.60. The van der Waals surface area contributed by atoms with Crippen molar-refractivity contribution >= 4 is 40.3 Å². The van der Waals surface area contributed by atoms with Crippen molar-refractivity contribution < 1.29 is 19.6 Å². The van der Waals surface area contributed by atoms with Crippen LogP contribution in [0.1, 0.15) is 68.2 Å². The lowest BCUT2D eigenvalue weighted by atomic mass is 9.81. The quantitative estimate of drug-likeness (QED) is 0.167. The van der Waals surface area contributed by atoms with Gasteiger partial charge in [0.2, 0.25) is 0 Å². The smallest absolute Gasteiger partial charge is 0.423 e. The molecule has 2 aliphatic rings. The predicted molar refractivity (Wildman–Crippen MR) is 206 cm³/mol. The minimum absolute atomic E-state index is 0.0687. The molecule has 4 N–H and O–H groups in total. The van der Waals surface area contributed by atoms with Crippen molar-refractivity contribution in [2.45, 2.75) is 37.8 Å². The lowest BCUT2D eigenvalue weighted by Crippen LogP contribution is -2.29. The maximum Gasteiger partial charge on any atom is 0.488 e. The molecule has 52 heavy (non-hydrogen) atoms. The number of benzene rings is 4. The third-order valence-corrected chi connectivity index (χ3v) is 9.82. The highest BCUT2D eigenvalue weighted by atomic mass is 79.9. The molecule has 8 rings (SSSR count). The highest BCUT2D eigenvalue weighted by Gasteiger charge is 2.26. The molecule has 0 aliphatic heterocycles. The lowest BCUT2D eigenvalue weighted by Gasteiger charge is -2.14. The number of hydrogen-bond donors (Lipinski definition) is 4. The van der Waals surface area contributed by atoms with Gasteiger partial charge >= 0.3 is 7.12 Å². The van der Waals surface area contributed by atoms with E-state index in [0.717, 1.165) is 30.2 Å². The van der Waals surface area contributed by atoms with Gasteiger partial charge in [0.1, 0.15) is 11.4 Å². The number of hydrogen-bond acceptors (Lipinski definition) is 6. The number of fused-ring (bicyclic) bond motifs is 2. The third-order valence-electron chi connectivity index (χ3n) is 9.33. The van der Waals surface area contributed by atoms with Crippen LogP contribution in [0.5, 0.6) is 0 Å². The van der Waals surface area contributed by atoms with Crippen molar-refractivity contribution in [2.75, 3.05) is 0 Å². The first-order valence-corrected chi connectivity index (χ1v) is 17.9. The first-order valence-electron chi connectivity index (χ1n) is 17.1. The maximum atomic E-state index is 12.4. The van der Waals surface area contributed by atoms with Crippen LogP contribution in [0.25, 0.3) is 11.1 Å². The Morgan fingerprint density at radius 3 is 1.65 bits per heavy atom. The minimum Gasteiger partial charge on any atom is -0.423 e. The molecule has 2 heterocycles. The highest BCUT2D eigenvalue weighted by Crippen LogP contribution is 2.35. The van der Waals surface area contributed by atoms with Gasteiger partial charge in [0, 0.05) is 31.0 Å². The summed E-state index contributed by atoms with van der Waals surface area (Å²) in [7, 11) is 2.21. The van der Waals surface area contributed by atoms with E-state index in [9.17, 15) is 9.59 Å². The number of rotatable bonds is 6. The van der Waals surface area contributed by atoms with E-state index < -0.39 is 7.12 Å². The molecule has 12 heteroatoms. The summed E-state index contributed by atoms with van der Waals surface area (Å²) in [4.78, 5) is 24.6. The van der Waals surface area contributed by atoms with Crippen LogP contribution in [0, 0.1) is 0 Å². The number of carbonyl (C=O) groups excluding carboxylic acids is 2. The predicted octanol–water partition coefficient (Wildman–Crippen LogP) is 5.47. The standard InChI is InChI=1S/C20H19N3O.C14H14BrN3O.C6H7BO2/c1-23-19(11-12-21-23)20(24)22-18-10-8-16-13-15(7-9-17(16)18)14-5-3-2-4-6-14;1-18-13(6-7-16-18)14(19)17-12-5-2-9-8-10(15)3-4-11(9)12;8-7(9)6-4-2-1-3-5-6/h2-7,9,11-13,18H,8,10H2,1H3,(H,22,24);3-4,6-8,12H,2,5H2,1H3,(H,17,19);1-5,8-9H/t18-;12-;/m11./s1. The Bertz CT molecular complexity index is 2140. The molecule has 264 valence electrons. The molecule has 10 nitrogen and oxygen atoms in total. The van der Waals surface area contributed by atoms with Crippen LogP contribution >= 0.6 is 15.9 Å². The molecule has 4 aromatic carbocycles. The van der Waals surface area contributed by atoms with Gasteiger partial charge in [-0.05, 0) is 88.8 Å². The zero-order valence-electron chi connectivity index (χ0n) is 29.0. The van der Waals surface area contributed by atoms with Gasteiger partial charge in [-0.3, -0.25) is 19.0 Å². The average molecular weight is 760 g/mol. The Labute approximate surface area is 311 Å². The zero-order valence-corrected chi connectivity index (χ0v) is 30.6. The topological polar surface area (TPSA) is 134 Å². The van der Waals surface area contributed by atoms with E-state index >= 15 is 0 Å². The summed E-state index contributed by atoms with van der Waals surface area (Å²) in [6.45, 7) is 0. The van der Waals surface area contributed by atoms with Crippen LogP contribution in [-0.2, 0) is 26.9 Å². The van der Waals surface area contributed by atoms with Crippen molar-refractivity contribution in [1.29, 1.82) is 0 Å². The molecule has 0 unspecified atom stereocenters. The second kappa shape index (κ2) is 16.8. The Hall–Kier alpha value is -5.30. The molecule has 0 fully saturated rings. The molecule has 6 aromatic rings. The van der Waals surface area contributed by atoms with E-state index in [4.69, 9.17) is 10.0 Å². The van der Waals surface area contributed by atoms with E-state index in [1.807, 2.05) is 18.2 Å². The molecular formula is C40H40BBrN6O4. The van der Waals surface area contributed by atoms with Crippen molar-refractivity contribution in [1.82, 2.24) is 30.2 Å². The van der Waals surface area contributed by atoms with Crippen molar-refractivity contribution in [3.05, 3.63) is 160 Å². The van der Waals surface area contributed by atoms with Gasteiger partial charge < -0.3 is 20.7 Å². The number of aryl methyl sites for hydroxylation is 4. The minimum atomic E-state index is -1.34. The Balaban J connectivity index is 0.000000147. The van der Waals surface area contributed by atoms with Crippen LogP contribution in [0.15, 0.2) is 126 Å². The summed E-state index contributed by atoms with van der Waals surface area (Å²) < 4.78 is 4.28. The van der Waals surface area contributed by atoms with Gasteiger partial charge in [-0.1, -0.05) is 101 Å². The second-order valence-electron chi connectivity index (χ2n) is 12.7. The van der Waals surface area contributed by atoms with Gasteiger partial charge in [0.25, 0.3) is 11.8 Å². The summed E-state index contributed by atoms with van der Waals surface area (Å²) in [5, 5.41) is 31.5. The summed E-state index contributed by atoms with van der Waals surface area (Å²) >= 11 is 3.48. The summed E-state index contributed by atoms with van der Waals surface area (Å²) in [6.07, 6.45) is 7.17. The van der Waals surface area contributed by atoms with Crippen LogP contribution in [0.4, 0.5) is 0 Å². The molecule has 2 aromatic heterocycles. The zero-order chi connectivity index (χ0) is 36.6. The van der Waals surface area contributed by atoms with Crippen molar-refractivity contribution in [2.24, 2.45) is 14.1 Å².